The molecule has 2 N–H and O–H groups in total. The lowest BCUT2D eigenvalue weighted by Gasteiger charge is -2.17. The van der Waals surface area contributed by atoms with Crippen LogP contribution in [-0.2, 0) is 16.2 Å². The van der Waals surface area contributed by atoms with Crippen LogP contribution in [-0.4, -0.2) is 21.9 Å². The number of nitro groups is 1. The zero-order chi connectivity index (χ0) is 20.3. The third kappa shape index (κ3) is 4.59. The van der Waals surface area contributed by atoms with Crippen LogP contribution in [0.3, 0.4) is 0 Å². The molecule has 1 aliphatic heterocycles. The lowest BCUT2D eigenvalue weighted by atomic mass is 10.1. The van der Waals surface area contributed by atoms with E-state index < -0.39 is 16.7 Å². The molecule has 0 atom stereocenters. The number of nitro benzene ring substituents is 1. The molecule has 0 aromatic heterocycles. The van der Waals surface area contributed by atoms with Gasteiger partial charge in [-0.25, -0.2) is 0 Å². The molecule has 0 bridgehead atoms. The summed E-state index contributed by atoms with van der Waals surface area (Å²) >= 11 is 8.13. The first-order chi connectivity index (χ1) is 13.3. The highest BCUT2D eigenvalue weighted by atomic mass is 79.9. The Balaban J connectivity index is 1.84. The fourth-order valence-corrected chi connectivity index (χ4v) is 2.96. The SMILES string of the molecule is O=C1NC(=S)NC(=O)C1=Cc1cc(Br)ccc1OCc1ccc([N+](=O)[O-])cc1. The summed E-state index contributed by atoms with van der Waals surface area (Å²) in [6.45, 7) is 0.151. The van der Waals surface area contributed by atoms with Gasteiger partial charge in [-0.3, -0.25) is 30.3 Å². The van der Waals surface area contributed by atoms with Crippen molar-refractivity contribution in [2.75, 3.05) is 0 Å². The van der Waals surface area contributed by atoms with Gasteiger partial charge in [0.25, 0.3) is 17.5 Å². The van der Waals surface area contributed by atoms with Crippen LogP contribution in [0.4, 0.5) is 5.69 Å². The number of carbonyl (C=O) groups excluding carboxylic acids is 2. The molecular weight excluding hydrogens is 450 g/mol. The van der Waals surface area contributed by atoms with Crippen molar-refractivity contribution in [3.8, 4) is 5.75 Å². The molecule has 2 aromatic rings. The van der Waals surface area contributed by atoms with Gasteiger partial charge in [0.05, 0.1) is 4.92 Å². The molecule has 0 aliphatic carbocycles. The number of nitrogens with one attached hydrogen (secondary N) is 2. The quantitative estimate of drug-likeness (QED) is 0.233. The van der Waals surface area contributed by atoms with Gasteiger partial charge in [-0.2, -0.15) is 0 Å². The van der Waals surface area contributed by atoms with Crippen molar-refractivity contribution < 1.29 is 19.2 Å². The third-order valence-electron chi connectivity index (χ3n) is 3.76. The fourth-order valence-electron chi connectivity index (χ4n) is 2.40. The number of benzene rings is 2. The van der Waals surface area contributed by atoms with Gasteiger partial charge in [-0.15, -0.1) is 0 Å². The summed E-state index contributed by atoms with van der Waals surface area (Å²) in [6, 6.07) is 11.1. The van der Waals surface area contributed by atoms with Crippen LogP contribution in [0.5, 0.6) is 5.75 Å². The maximum atomic E-state index is 12.0. The van der Waals surface area contributed by atoms with E-state index in [-0.39, 0.29) is 23.0 Å². The molecule has 0 saturated carbocycles. The number of rotatable bonds is 5. The first-order valence-corrected chi connectivity index (χ1v) is 9.07. The van der Waals surface area contributed by atoms with Gasteiger partial charge in [0.2, 0.25) is 0 Å². The molecule has 2 aromatic carbocycles. The normalized spacial score (nSPS) is 13.6. The summed E-state index contributed by atoms with van der Waals surface area (Å²) in [5.74, 6) is -0.770. The fraction of sp³-hybridized carbons (Fsp3) is 0.0556. The summed E-state index contributed by atoms with van der Waals surface area (Å²) in [5.41, 5.74) is 1.12. The predicted molar refractivity (Wildman–Crippen MR) is 108 cm³/mol. The van der Waals surface area contributed by atoms with Crippen molar-refractivity contribution in [1.82, 2.24) is 10.6 Å². The minimum absolute atomic E-state index is 0.00921. The Morgan fingerprint density at radius 3 is 2.36 bits per heavy atom. The van der Waals surface area contributed by atoms with E-state index >= 15 is 0 Å². The second kappa shape index (κ2) is 8.28. The summed E-state index contributed by atoms with van der Waals surface area (Å²) in [5, 5.41) is 15.4. The molecule has 0 unspecified atom stereocenters. The molecule has 2 amide bonds. The molecule has 142 valence electrons. The molecule has 1 saturated heterocycles. The number of hydrogen-bond acceptors (Lipinski definition) is 6. The number of amides is 2. The van der Waals surface area contributed by atoms with E-state index in [2.05, 4.69) is 26.6 Å². The van der Waals surface area contributed by atoms with Crippen molar-refractivity contribution >= 4 is 56.8 Å². The monoisotopic (exact) mass is 461 g/mol. The zero-order valence-electron chi connectivity index (χ0n) is 14.1. The van der Waals surface area contributed by atoms with Crippen LogP contribution < -0.4 is 15.4 Å². The number of thiocarbonyl (C=S) groups is 1. The van der Waals surface area contributed by atoms with Crippen LogP contribution in [0.2, 0.25) is 0 Å². The topological polar surface area (TPSA) is 111 Å². The smallest absolute Gasteiger partial charge is 0.269 e. The minimum atomic E-state index is -0.602. The average Bonchev–Trinajstić information content (AvgIpc) is 2.64. The Morgan fingerprint density at radius 2 is 1.75 bits per heavy atom. The molecule has 1 aliphatic rings. The molecule has 0 radical (unpaired) electrons. The number of non-ortho nitro benzene ring substituents is 1. The van der Waals surface area contributed by atoms with E-state index in [9.17, 15) is 19.7 Å². The summed E-state index contributed by atoms with van der Waals surface area (Å²) in [6.07, 6.45) is 1.41. The molecule has 8 nitrogen and oxygen atoms in total. The number of halogens is 1. The van der Waals surface area contributed by atoms with Gasteiger partial charge in [-0.1, -0.05) is 15.9 Å². The van der Waals surface area contributed by atoms with Crippen molar-refractivity contribution in [1.29, 1.82) is 0 Å². The summed E-state index contributed by atoms with van der Waals surface area (Å²) < 4.78 is 6.52. The van der Waals surface area contributed by atoms with E-state index in [0.717, 1.165) is 10.0 Å². The Bertz CT molecular complexity index is 998. The lowest BCUT2D eigenvalue weighted by Crippen LogP contribution is -2.51. The molecule has 0 spiro atoms. The van der Waals surface area contributed by atoms with E-state index in [0.29, 0.717) is 11.3 Å². The Labute approximate surface area is 172 Å². The molecule has 28 heavy (non-hydrogen) atoms. The molecular formula is C18H12BrN3O5S. The third-order valence-corrected chi connectivity index (χ3v) is 4.45. The summed E-state index contributed by atoms with van der Waals surface area (Å²) in [7, 11) is 0. The van der Waals surface area contributed by atoms with Gasteiger partial charge in [0.15, 0.2) is 5.11 Å². The summed E-state index contributed by atoms with van der Waals surface area (Å²) in [4.78, 5) is 34.3. The van der Waals surface area contributed by atoms with Crippen molar-refractivity contribution in [2.24, 2.45) is 0 Å². The zero-order valence-corrected chi connectivity index (χ0v) is 16.5. The largest absolute Gasteiger partial charge is 0.488 e. The highest BCUT2D eigenvalue weighted by molar-refractivity contribution is 9.10. The van der Waals surface area contributed by atoms with E-state index in [4.69, 9.17) is 17.0 Å². The van der Waals surface area contributed by atoms with Gasteiger partial charge in [0, 0.05) is 22.2 Å². The van der Waals surface area contributed by atoms with Crippen LogP contribution in [0.1, 0.15) is 11.1 Å². The molecule has 1 fully saturated rings. The number of ether oxygens (including phenoxy) is 1. The maximum absolute atomic E-state index is 12.0. The maximum Gasteiger partial charge on any atom is 0.269 e. The van der Waals surface area contributed by atoms with Gasteiger partial charge in [-0.05, 0) is 54.2 Å². The average molecular weight is 462 g/mol. The standard InChI is InChI=1S/C18H12BrN3O5S/c19-12-3-6-15(27-9-10-1-4-13(5-2-10)22(25)26)11(7-12)8-14-16(23)20-18(28)21-17(14)24/h1-8H,9H2,(H2,20,21,23,24,28). The number of nitrogens with zero attached hydrogens (tertiary/aromatic N) is 1. The van der Waals surface area contributed by atoms with Crippen LogP contribution in [0.15, 0.2) is 52.5 Å². The van der Waals surface area contributed by atoms with Crippen LogP contribution in [0, 0.1) is 10.1 Å². The highest BCUT2D eigenvalue weighted by Crippen LogP contribution is 2.27. The lowest BCUT2D eigenvalue weighted by molar-refractivity contribution is -0.384. The van der Waals surface area contributed by atoms with Crippen molar-refractivity contribution in [3.63, 3.8) is 0 Å². The molecule has 3 rings (SSSR count). The first kappa shape index (κ1) is 19.6. The molecule has 1 heterocycles. The number of hydrogen-bond donors (Lipinski definition) is 2. The van der Waals surface area contributed by atoms with Crippen LogP contribution >= 0.6 is 28.1 Å². The van der Waals surface area contributed by atoms with E-state index in [1.807, 2.05) is 0 Å². The highest BCUT2D eigenvalue weighted by Gasteiger charge is 2.26. The Hall–Kier alpha value is -3.11. The Morgan fingerprint density at radius 1 is 1.11 bits per heavy atom. The van der Waals surface area contributed by atoms with Gasteiger partial charge < -0.3 is 4.74 Å². The number of carbonyl (C=O) groups is 2. The molecule has 10 heteroatoms. The van der Waals surface area contributed by atoms with E-state index in [1.165, 1.54) is 18.2 Å². The second-order valence-electron chi connectivity index (χ2n) is 5.69. The van der Waals surface area contributed by atoms with Crippen molar-refractivity contribution in [3.05, 3.63) is 73.8 Å². The predicted octanol–water partition coefficient (Wildman–Crippen LogP) is 2.85. The Kier molecular flexibility index (Phi) is 5.81. The van der Waals surface area contributed by atoms with Crippen LogP contribution in [0.25, 0.3) is 6.08 Å². The second-order valence-corrected chi connectivity index (χ2v) is 7.01. The van der Waals surface area contributed by atoms with Gasteiger partial charge >= 0.3 is 0 Å². The van der Waals surface area contributed by atoms with E-state index in [1.54, 1.807) is 30.3 Å². The minimum Gasteiger partial charge on any atom is -0.488 e. The van der Waals surface area contributed by atoms with Crippen molar-refractivity contribution in [2.45, 2.75) is 6.61 Å². The van der Waals surface area contributed by atoms with Gasteiger partial charge in [0.1, 0.15) is 17.9 Å². The first-order valence-electron chi connectivity index (χ1n) is 7.87.